The zero-order valence-electron chi connectivity index (χ0n) is 37.5. The van der Waals surface area contributed by atoms with E-state index in [9.17, 15) is 85.1 Å². The molecule has 12 atom stereocenters. The van der Waals surface area contributed by atoms with Crippen LogP contribution in [0.5, 0.6) is 0 Å². The maximum atomic E-state index is 11.9. The van der Waals surface area contributed by atoms with E-state index in [2.05, 4.69) is 97.7 Å². The summed E-state index contributed by atoms with van der Waals surface area (Å²) in [4.78, 5) is 113. The van der Waals surface area contributed by atoms with E-state index >= 15 is 0 Å². The number of aliphatic hydroxyl groups excluding tert-OH is 1. The summed E-state index contributed by atoms with van der Waals surface area (Å²) in [6.45, 7) is -5.84. The number of rotatable bonds is 46. The van der Waals surface area contributed by atoms with Crippen LogP contribution in [0, 0.1) is 38.5 Å². The number of aliphatic hydroxyl groups is 1. The molecule has 0 saturated heterocycles. The van der Waals surface area contributed by atoms with Crippen molar-refractivity contribution >= 4 is 70.4 Å². The number of hydrogen-bond acceptors (Lipinski definition) is 36. The van der Waals surface area contributed by atoms with Crippen LogP contribution in [0.25, 0.3) is 0 Å². The summed E-state index contributed by atoms with van der Waals surface area (Å²) in [6.07, 6.45) is 0. The first kappa shape index (κ1) is 83.7. The summed E-state index contributed by atoms with van der Waals surface area (Å²) in [5.74, 6) is -3.17. The van der Waals surface area contributed by atoms with Gasteiger partial charge >= 0.3 is 0 Å². The van der Waals surface area contributed by atoms with Crippen molar-refractivity contribution in [2.45, 2.75) is 0 Å². The number of phosphoric ester groups is 9. The van der Waals surface area contributed by atoms with E-state index in [1.165, 1.54) is 0 Å². The van der Waals surface area contributed by atoms with Gasteiger partial charge in [-0.3, -0.25) is 41.1 Å². The summed E-state index contributed by atoms with van der Waals surface area (Å²) in [5.41, 5.74) is 0. The van der Waals surface area contributed by atoms with Crippen molar-refractivity contribution in [1.82, 2.24) is 0 Å². The second kappa shape index (κ2) is 41.3. The molecule has 0 aromatic carbocycles. The van der Waals surface area contributed by atoms with Crippen LogP contribution in [0.3, 0.4) is 0 Å². The Bertz CT molecular complexity index is 1950. The molecule has 431 valence electrons. The molecule has 0 aromatic heterocycles. The van der Waals surface area contributed by atoms with Crippen LogP contribution in [-0.4, -0.2) is 129 Å². The molecule has 0 fully saturated rings. The molecule has 0 aliphatic rings. The fraction of sp³-hybridized carbons (Fsp3) is 0.875. The predicted molar refractivity (Wildman–Crippen MR) is 205 cm³/mol. The summed E-state index contributed by atoms with van der Waals surface area (Å²) < 4.78 is 178. The van der Waals surface area contributed by atoms with Crippen molar-refractivity contribution in [3.05, 3.63) is 20.8 Å². The van der Waals surface area contributed by atoms with Gasteiger partial charge in [0.2, 0.25) is 0 Å². The third-order valence-electron chi connectivity index (χ3n) is 6.10. The minimum atomic E-state index is -5.24. The monoisotopic (exact) mass is 1470 g/mol. The van der Waals surface area contributed by atoms with E-state index < -0.39 is 207 Å². The summed E-state index contributed by atoms with van der Waals surface area (Å²) in [6, 6.07) is 0. The molecule has 0 amide bonds. The van der Waals surface area contributed by atoms with Gasteiger partial charge in [0.25, 0.3) is 70.4 Å². The molecule has 0 bridgehead atoms. The predicted octanol–water partition coefficient (Wildman–Crippen LogP) is -4.19. The van der Waals surface area contributed by atoms with Crippen molar-refractivity contribution < 1.29 is 270 Å². The average Bonchev–Trinajstić information content (AvgIpc) is 3.23. The molecule has 0 heterocycles. The molecule has 0 aromatic rings. The van der Waals surface area contributed by atoms with E-state index in [0.29, 0.717) is 0 Å². The van der Waals surface area contributed by atoms with Crippen LogP contribution >= 0.6 is 70.4 Å². The van der Waals surface area contributed by atoms with E-state index in [1.807, 2.05) is 0 Å². The van der Waals surface area contributed by atoms with Gasteiger partial charge in [0, 0.05) is 138 Å². The molecule has 12 unspecified atom stereocenters. The Morgan fingerprint density at radius 1 is 0.288 bits per heavy atom. The van der Waals surface area contributed by atoms with Crippen molar-refractivity contribution in [2.75, 3.05) is 119 Å². The molecule has 0 rings (SSSR count). The van der Waals surface area contributed by atoms with Gasteiger partial charge in [-0.05, 0) is 0 Å². The SMILES string of the molecule is [CH2-]C(CO)COP(=O)([O-])OCCOP(=O)([O-])OCCOP(=O)([O-])OCCOP(=O)([O-])OCC([CH2-])COP(=O)([O-])OCCOP(=O)([O-])OCCOP(=O)([O-])OCCOP(=O)([O-])OCC([CH2-])COP(=O)([O-])O.[Y].[Y].[Y]. The fourth-order valence-electron chi connectivity index (χ4n) is 3.22. The average molecular weight is 1470 g/mol. The van der Waals surface area contributed by atoms with Crippen molar-refractivity contribution in [1.29, 1.82) is 0 Å². The van der Waals surface area contributed by atoms with E-state index in [-0.39, 0.29) is 98.1 Å². The molecule has 2 N–H and O–H groups in total. The van der Waals surface area contributed by atoms with Gasteiger partial charge in [-0.1, -0.05) is 0 Å². The Balaban J connectivity index is -0.00000793. The first-order chi connectivity index (χ1) is 31.9. The van der Waals surface area contributed by atoms with E-state index in [1.54, 1.807) is 0 Å². The minimum absolute atomic E-state index is 0. The molecule has 3 radical (unpaired) electrons. The second-order valence-corrected chi connectivity index (χ2v) is 24.8. The molecule has 37 nitrogen and oxygen atoms in total. The van der Waals surface area contributed by atoms with Gasteiger partial charge in [-0.2, -0.15) is 0 Å². The topological polar surface area (TPSA) is 559 Å². The van der Waals surface area contributed by atoms with Gasteiger partial charge in [0.1, 0.15) is 0 Å². The molecule has 49 heteroatoms. The van der Waals surface area contributed by atoms with Crippen LogP contribution in [0.1, 0.15) is 0 Å². The molecular weight excluding hydrogens is 1430 g/mol. The third-order valence-corrected chi connectivity index (χ3v) is 14.4. The van der Waals surface area contributed by atoms with E-state index in [4.69, 9.17) is 10.00 Å². The molecule has 0 saturated carbocycles. The summed E-state index contributed by atoms with van der Waals surface area (Å²) >= 11 is 0. The van der Waals surface area contributed by atoms with Gasteiger partial charge in [0.15, 0.2) is 0 Å². The fourth-order valence-corrected chi connectivity index (χ4v) is 9.37. The molecule has 0 spiro atoms. The second-order valence-electron chi connectivity index (χ2n) is 12.3. The largest absolute Gasteiger partial charge is 0.756 e. The van der Waals surface area contributed by atoms with Crippen molar-refractivity contribution in [3.63, 3.8) is 0 Å². The maximum Gasteiger partial charge on any atom is 0.268 e. The Morgan fingerprint density at radius 3 is 0.575 bits per heavy atom. The normalized spacial score (nSPS) is 20.6. The molecule has 0 aliphatic carbocycles. The van der Waals surface area contributed by atoms with Crippen LogP contribution in [0.4, 0.5) is 0 Å². The Hall–Kier alpha value is 4.26. The first-order valence-corrected chi connectivity index (χ1v) is 31.7. The minimum Gasteiger partial charge on any atom is -0.756 e. The van der Waals surface area contributed by atoms with Gasteiger partial charge in [-0.25, -0.2) is 0 Å². The van der Waals surface area contributed by atoms with Crippen LogP contribution in [0.2, 0.25) is 0 Å². The number of hydrogen-bond donors (Lipinski definition) is 2. The van der Waals surface area contributed by atoms with E-state index in [0.717, 1.165) is 0 Å². The summed E-state index contributed by atoms with van der Waals surface area (Å²) in [7, 11) is -46.3. The Morgan fingerprint density at radius 2 is 0.425 bits per heavy atom. The first-order valence-electron chi connectivity index (χ1n) is 18.5. The zero-order chi connectivity index (χ0) is 54.0. The van der Waals surface area contributed by atoms with Crippen LogP contribution in [0.15, 0.2) is 0 Å². The van der Waals surface area contributed by atoms with Crippen LogP contribution in [-0.2, 0) is 216 Å². The maximum absolute atomic E-state index is 11.9. The zero-order valence-corrected chi connectivity index (χ0v) is 54.1. The summed E-state index contributed by atoms with van der Waals surface area (Å²) in [5, 5.41) is 8.79. The Labute approximate surface area is 493 Å². The standard InChI is InChI=1S/C24H56O37P9.3Y/c1-22(16-25)17-58-67(37,38)53-12-8-49-63(29,30)45-4-5-47-65(33,34)51-10-14-55-69(41,42)60-20-24(3)21-61-70(43,44)56-15-11-52-66(35,36)48-7-6-46-64(31,32)50-9-13-54-68(39,40)59-19-23(2)18-57-62(26,27)28;;;/h22-25H,1-21H2,(H,29,30)(H,31,32)(H,33,34)(H,35,36)(H,37,38)(H,39,40)(H,41,42)(H,43,44)(H2,26,27,28);;;/q-3;;;/p-9. The molecular formula is C24H47O37P9Y3-12. The number of phosphoric acid groups is 9. The Kier molecular flexibility index (Phi) is 47.4. The quantitative estimate of drug-likeness (QED) is 0.0332. The van der Waals surface area contributed by atoms with Crippen molar-refractivity contribution in [2.24, 2.45) is 17.8 Å². The van der Waals surface area contributed by atoms with Gasteiger partial charge < -0.3 is 152 Å². The van der Waals surface area contributed by atoms with Crippen molar-refractivity contribution in [3.8, 4) is 0 Å². The third kappa shape index (κ3) is 51.6. The van der Waals surface area contributed by atoms with Crippen LogP contribution < -0.4 is 44.0 Å². The molecule has 73 heavy (non-hydrogen) atoms. The van der Waals surface area contributed by atoms with Gasteiger partial charge in [0.05, 0.1) is 79.3 Å². The smallest absolute Gasteiger partial charge is 0.268 e. The molecule has 0 aliphatic heterocycles. The van der Waals surface area contributed by atoms with Gasteiger partial charge in [-0.15, -0.1) is 17.8 Å².